The van der Waals surface area contributed by atoms with Gasteiger partial charge in [-0.15, -0.1) is 0 Å². The molecule has 32 nitrogen and oxygen atoms in total. The molecule has 24 atom stereocenters. The summed E-state index contributed by atoms with van der Waals surface area (Å²) in [6.07, 6.45) is 6.97. The fourth-order valence-corrected chi connectivity index (χ4v) is 19.9. The first-order chi connectivity index (χ1) is 66.8. The van der Waals surface area contributed by atoms with Gasteiger partial charge in [-0.3, -0.25) is 43.6 Å². The van der Waals surface area contributed by atoms with E-state index in [0.29, 0.717) is 30.5 Å². The molecule has 1 amide bonds. The molecule has 3 aromatic heterocycles. The van der Waals surface area contributed by atoms with E-state index >= 15 is 4.79 Å². The molecule has 141 heavy (non-hydrogen) atoms. The number of rotatable bonds is 26. The fraction of sp³-hybridized carbons (Fsp3) is 0.550. The number of nitrogens with zero attached hydrogens (tertiary/aromatic N) is 9. The summed E-state index contributed by atoms with van der Waals surface area (Å²) >= 11 is 0. The highest BCUT2D eigenvalue weighted by Crippen LogP contribution is 2.46. The first-order valence-electron chi connectivity index (χ1n) is 49.0. The molecule has 5 aliphatic heterocycles. The summed E-state index contributed by atoms with van der Waals surface area (Å²) in [4.78, 5) is 166. The van der Waals surface area contributed by atoms with Crippen LogP contribution in [0.5, 0.6) is 0 Å². The number of allylic oxidation sites excluding steroid dienone is 1. The molecule has 8 heterocycles. The van der Waals surface area contributed by atoms with Crippen LogP contribution in [0.15, 0.2) is 176 Å². The van der Waals surface area contributed by atoms with Gasteiger partial charge in [0.15, 0.2) is 53.3 Å². The van der Waals surface area contributed by atoms with Gasteiger partial charge >= 0.3 is 36.1 Å². The maximum atomic E-state index is 15.1. The number of nitrogens with two attached hydrogens (primary N) is 1. The number of hydrogen-bond acceptors (Lipinski definition) is 30. The number of aromatic nitrogens is 4. The molecule has 4 saturated heterocycles. The van der Waals surface area contributed by atoms with Gasteiger partial charge in [-0.25, -0.2) is 28.7 Å². The molecule has 4 aromatic carbocycles. The van der Waals surface area contributed by atoms with Gasteiger partial charge in [0.05, 0.1) is 89.1 Å². The van der Waals surface area contributed by atoms with Gasteiger partial charge in [0.1, 0.15) is 36.2 Å². The lowest BCUT2D eigenvalue weighted by atomic mass is 9.73. The number of fused-ring (bicyclic) bond motifs is 3. The lowest BCUT2D eigenvalue weighted by molar-refractivity contribution is -0.296. The van der Waals surface area contributed by atoms with Gasteiger partial charge < -0.3 is 82.2 Å². The normalized spacial score (nSPS) is 31.1. The van der Waals surface area contributed by atoms with Crippen molar-refractivity contribution in [2.75, 3.05) is 95.8 Å². The number of carbonyl (C=O) groups excluding carboxylic acids is 10. The van der Waals surface area contributed by atoms with E-state index in [-0.39, 0.29) is 86.9 Å². The summed E-state index contributed by atoms with van der Waals surface area (Å²) in [6.45, 7) is 30.0. The van der Waals surface area contributed by atoms with E-state index in [1.165, 1.54) is 38.6 Å². The van der Waals surface area contributed by atoms with E-state index in [9.17, 15) is 43.2 Å². The van der Waals surface area contributed by atoms with E-state index in [2.05, 4.69) is 19.9 Å². The highest BCUT2D eigenvalue weighted by molar-refractivity contribution is 6.01. The molecule has 32 heteroatoms. The second kappa shape index (κ2) is 50.3. The molecule has 0 spiro atoms. The average Bonchev–Trinajstić information content (AvgIpc) is 1.60. The quantitative estimate of drug-likeness (QED) is 0.0299. The summed E-state index contributed by atoms with van der Waals surface area (Å²) in [5, 5.41) is 1.94. The number of Topliss-reactive ketones (excluding diaryl/α,β-unsaturated/α-hetero) is 4. The van der Waals surface area contributed by atoms with Gasteiger partial charge in [0.25, 0.3) is 0 Å². The molecule has 5 aliphatic rings. The molecule has 2 N–H and O–H groups in total. The van der Waals surface area contributed by atoms with Gasteiger partial charge in [0.2, 0.25) is 0 Å². The monoisotopic (exact) mass is 1950 g/mol. The van der Waals surface area contributed by atoms with Gasteiger partial charge in [0, 0.05) is 91.3 Å². The number of para-hydroxylation sites is 2. The molecule has 7 aromatic rings. The van der Waals surface area contributed by atoms with Crippen molar-refractivity contribution in [2.45, 2.75) is 251 Å². The van der Waals surface area contributed by atoms with Crippen LogP contribution in [0.4, 0.5) is 9.59 Å². The van der Waals surface area contributed by atoms with E-state index < -0.39 is 167 Å². The maximum Gasteiger partial charge on any atom is 0.420 e. The van der Waals surface area contributed by atoms with Gasteiger partial charge in [-0.05, 0) is 229 Å². The second-order valence-corrected chi connectivity index (χ2v) is 39.9. The molecule has 0 radical (unpaired) electrons. The lowest BCUT2D eigenvalue weighted by Crippen LogP contribution is -2.61. The summed E-state index contributed by atoms with van der Waals surface area (Å²) in [7, 11) is 15.3. The number of imidazole rings is 1. The highest BCUT2D eigenvalue weighted by atomic mass is 16.7. The minimum Gasteiger partial charge on any atom is -0.458 e. The third-order valence-electron chi connectivity index (χ3n) is 27.6. The largest absolute Gasteiger partial charge is 0.458 e. The van der Waals surface area contributed by atoms with Crippen molar-refractivity contribution < 1.29 is 105 Å². The Balaban J connectivity index is 0.000000274. The van der Waals surface area contributed by atoms with E-state index in [1.54, 1.807) is 141 Å². The van der Waals surface area contributed by atoms with Crippen LogP contribution < -0.4 is 5.73 Å². The molecule has 766 valence electrons. The van der Waals surface area contributed by atoms with Crippen LogP contribution in [0, 0.1) is 41.4 Å². The Morgan fingerprint density at radius 1 is 0.553 bits per heavy atom. The summed E-state index contributed by atoms with van der Waals surface area (Å²) in [5.41, 5.74) is 3.51. The standard InChI is InChI=1S/C53H72N4O11.C52H64N4O11.C4H12N2/c1-13-42-53(8)46(57(51(62)68-53)26-25-55(9)10)34(4)43(58)32(2)30-52(7,63-27-19-20-37-29-39-23-17-18-24-40(39)54-31-37)47(35(5)44(59)36(6)48(60)65-42)67-50-45(41(56(11)12)28-33(3)64-50)66-49(61)38-21-15-14-16-22-38;1-11-42-51(7,67-50(61)56-24-23-53-31-56)28-32(2)43(57)33(3)29-52(8,62-25-17-18-37-27-39-21-15-16-22-40(39)54-30-37)46(35(5)44(58)36(6)47(59)64-42)66-49-45(41(55(9)10)26-34(4)63-49)65-48(60)38-19-13-12-14-20-38;1-6(2)4-3-5/h14-24,29,31-36,41-42,45-47,50H,13,25-28,30H2,1-12H3;12-24,27-28,30-31,33-36,41-42,45-46,49H,11,25-26,29H2,1-10H3;3-5H2,1-2H3/b20-19+;18-17+,32-28+;/t32-,33-,34+,35+,36-,41+,42-,45-,46-,47-,50+,52-,53-;33-,34-,35+,36-,41+,42-,45-,46-,49+,51+,52-;/m11./s1. The first kappa shape index (κ1) is 112. The van der Waals surface area contributed by atoms with Crippen molar-refractivity contribution in [1.82, 2.24) is 44.0 Å². The third kappa shape index (κ3) is 28.3. The van der Waals surface area contributed by atoms with Gasteiger partial charge in [-0.1, -0.05) is 146 Å². The number of hydrogen-bond donors (Lipinski definition) is 1. The SMILES string of the molecule is CC[C@H]1OC(=O)[C@H](C)C(=O)[C@H](C)[C@@H](O[C@@H]2O[C@H](C)C[C@H](N(C)C)[C@H]2OC(=O)c2ccccc2)[C@](C)(OC/C=C/c2cnc3ccccc3c2)C[C@@H](C)C(=O)/C(C)=C/[C@]1(C)OC(=O)n1ccnc1.CC[C@H]1OC(=O)[C@H](C)C(=O)[C@H](C)[C@@H](O[C@@H]2O[C@H](C)C[C@H](N(C)C)[C@H]2OC(=O)c2ccccc2)[C@](C)(OC/C=C/c2cnc3ccccc3c2)C[C@@H](C)C(=O)[C@H](C)[C@H]2N(CCN(C)C)C(=O)O[C@]12C.CN(C)CCN. The zero-order valence-electron chi connectivity index (χ0n) is 86.4. The fourth-order valence-electron chi connectivity index (χ4n) is 19.9. The minimum absolute atomic E-state index is 0.00650. The van der Waals surface area contributed by atoms with Crippen molar-refractivity contribution in [3.63, 3.8) is 0 Å². The van der Waals surface area contributed by atoms with Crippen LogP contribution in [0.3, 0.4) is 0 Å². The lowest BCUT2D eigenvalue weighted by Gasteiger charge is -2.48. The van der Waals surface area contributed by atoms with Crippen LogP contribution >= 0.6 is 0 Å². The van der Waals surface area contributed by atoms with Crippen LogP contribution in [-0.2, 0) is 85.6 Å². The van der Waals surface area contributed by atoms with Crippen molar-refractivity contribution in [1.29, 1.82) is 0 Å². The second-order valence-electron chi connectivity index (χ2n) is 39.9. The van der Waals surface area contributed by atoms with Crippen LogP contribution in [0.2, 0.25) is 0 Å². The van der Waals surface area contributed by atoms with Crippen LogP contribution in [0.25, 0.3) is 34.0 Å². The van der Waals surface area contributed by atoms with Crippen molar-refractivity contribution in [2.24, 2.45) is 47.2 Å². The van der Waals surface area contributed by atoms with E-state index in [1.807, 2.05) is 190 Å². The molecular formula is C109H148N10O22. The molecule has 12 rings (SSSR count). The van der Waals surface area contributed by atoms with E-state index in [0.717, 1.165) is 50.6 Å². The number of carbonyl (C=O) groups is 10. The van der Waals surface area contributed by atoms with Crippen LogP contribution in [-0.4, -0.2) is 301 Å². The number of amides is 1. The number of ketones is 4. The van der Waals surface area contributed by atoms with E-state index in [4.69, 9.17) is 62.6 Å². The zero-order valence-corrected chi connectivity index (χ0v) is 86.4. The van der Waals surface area contributed by atoms with Gasteiger partial charge in [-0.2, -0.15) is 0 Å². The Kier molecular flexibility index (Phi) is 39.9. The average molecular weight is 1950 g/mol. The van der Waals surface area contributed by atoms with Crippen LogP contribution in [0.1, 0.15) is 181 Å². The predicted molar refractivity (Wildman–Crippen MR) is 536 cm³/mol. The highest BCUT2D eigenvalue weighted by Gasteiger charge is 2.61. The molecule has 4 fully saturated rings. The predicted octanol–water partition coefficient (Wildman–Crippen LogP) is 14.8. The molecule has 0 aliphatic carbocycles. The number of likely N-dealkylation sites (N-methyl/N-ethyl adjacent to an activating group) is 4. The summed E-state index contributed by atoms with van der Waals surface area (Å²) in [6, 6.07) is 35.3. The van der Waals surface area contributed by atoms with Crippen molar-refractivity contribution in [3.8, 4) is 0 Å². The maximum absolute atomic E-state index is 15.1. The Labute approximate surface area is 830 Å². The number of pyridine rings is 2. The van der Waals surface area contributed by atoms with Crippen molar-refractivity contribution in [3.05, 3.63) is 198 Å². The number of esters is 4. The number of cyclic esters (lactones) is 2. The topological polar surface area (TPSA) is 367 Å². The number of benzene rings is 4. The molecule has 0 unspecified atom stereocenters. The molecule has 0 saturated carbocycles. The first-order valence-corrected chi connectivity index (χ1v) is 49.0. The smallest absolute Gasteiger partial charge is 0.420 e. The van der Waals surface area contributed by atoms with Crippen molar-refractivity contribution >= 4 is 93.2 Å². The number of ether oxygens (including phenoxy) is 12. The third-order valence-corrected chi connectivity index (χ3v) is 27.6. The molecular weight excluding hydrogens is 1800 g/mol. The Bertz CT molecular complexity index is 5490. The minimum atomic E-state index is -1.65. The summed E-state index contributed by atoms with van der Waals surface area (Å²) < 4.78 is 79.2. The summed E-state index contributed by atoms with van der Waals surface area (Å²) in [5.74, 6) is -11.5. The Morgan fingerprint density at radius 3 is 1.41 bits per heavy atom. The molecule has 0 bridgehead atoms. The Hall–Kier alpha value is -11.0. The Morgan fingerprint density at radius 2 is 0.993 bits per heavy atom. The zero-order chi connectivity index (χ0) is 103.